The lowest BCUT2D eigenvalue weighted by atomic mass is 10.1. The largest absolute Gasteiger partial charge is 0.238 e. The second kappa shape index (κ2) is 3.01. The molecule has 2 rings (SSSR count). The van der Waals surface area contributed by atoms with E-state index in [1.807, 2.05) is 6.07 Å². The molecule has 0 saturated carbocycles. The summed E-state index contributed by atoms with van der Waals surface area (Å²) in [7, 11) is -3.53. The summed E-state index contributed by atoms with van der Waals surface area (Å²) in [5, 5.41) is 5.02. The van der Waals surface area contributed by atoms with Crippen molar-refractivity contribution in [3.8, 4) is 0 Å². The predicted octanol–water partition coefficient (Wildman–Crippen LogP) is 1.08. The summed E-state index contributed by atoms with van der Waals surface area (Å²) in [5.41, 5.74) is 2.31. The molecule has 70 valence electrons. The van der Waals surface area contributed by atoms with Crippen LogP contribution < -0.4 is 5.14 Å². The van der Waals surface area contributed by atoms with Crippen molar-refractivity contribution in [2.24, 2.45) is 5.14 Å². The van der Waals surface area contributed by atoms with Crippen LogP contribution in [0.4, 0.5) is 0 Å². The molecule has 0 amide bonds. The summed E-state index contributed by atoms with van der Waals surface area (Å²) in [6.07, 6.45) is 0. The van der Waals surface area contributed by atoms with E-state index >= 15 is 0 Å². The highest BCUT2D eigenvalue weighted by Crippen LogP contribution is 2.30. The molecule has 13 heavy (non-hydrogen) atoms. The van der Waals surface area contributed by atoms with Gasteiger partial charge in [0.05, 0.1) is 4.90 Å². The number of hydrogen-bond donors (Lipinski definition) is 1. The number of nitrogens with two attached hydrogens (primary N) is 1. The van der Waals surface area contributed by atoms with Crippen molar-refractivity contribution in [1.29, 1.82) is 0 Å². The van der Waals surface area contributed by atoms with Gasteiger partial charge in [0, 0.05) is 11.5 Å². The average Bonchev–Trinajstić information content (AvgIpc) is 2.47. The first-order chi connectivity index (χ1) is 6.07. The molecule has 0 aromatic heterocycles. The number of sulfonamides is 1. The highest BCUT2D eigenvalue weighted by Gasteiger charge is 2.15. The van der Waals surface area contributed by atoms with E-state index in [-0.39, 0.29) is 4.90 Å². The summed E-state index contributed by atoms with van der Waals surface area (Å²) in [6.45, 7) is 0. The minimum Gasteiger partial charge on any atom is -0.225 e. The lowest BCUT2D eigenvalue weighted by Crippen LogP contribution is -2.12. The molecule has 5 heteroatoms. The summed E-state index contributed by atoms with van der Waals surface area (Å²) >= 11 is 1.79. The lowest BCUT2D eigenvalue weighted by Gasteiger charge is -2.01. The molecule has 0 fully saturated rings. The maximum Gasteiger partial charge on any atom is 0.238 e. The van der Waals surface area contributed by atoms with Crippen LogP contribution in [0.25, 0.3) is 0 Å². The maximum atomic E-state index is 11.0. The van der Waals surface area contributed by atoms with Gasteiger partial charge in [-0.3, -0.25) is 0 Å². The number of primary sulfonamides is 1. The first-order valence-corrected chi connectivity index (χ1v) is 6.50. The van der Waals surface area contributed by atoms with Crippen LogP contribution in [0.1, 0.15) is 11.1 Å². The zero-order valence-electron chi connectivity index (χ0n) is 6.86. The van der Waals surface area contributed by atoms with Gasteiger partial charge in [-0.15, -0.1) is 0 Å². The Morgan fingerprint density at radius 3 is 2.62 bits per heavy atom. The highest BCUT2D eigenvalue weighted by molar-refractivity contribution is 7.98. The van der Waals surface area contributed by atoms with Crippen molar-refractivity contribution < 1.29 is 8.42 Å². The average molecular weight is 215 g/mol. The molecular weight excluding hydrogens is 206 g/mol. The molecule has 0 aliphatic carbocycles. The number of hydrogen-bond acceptors (Lipinski definition) is 3. The molecular formula is C8H9NO2S2. The van der Waals surface area contributed by atoms with Gasteiger partial charge in [0.1, 0.15) is 0 Å². The molecule has 0 radical (unpaired) electrons. The lowest BCUT2D eigenvalue weighted by molar-refractivity contribution is 0.597. The minimum atomic E-state index is -3.53. The highest BCUT2D eigenvalue weighted by atomic mass is 32.2. The summed E-state index contributed by atoms with van der Waals surface area (Å²) < 4.78 is 22.0. The minimum absolute atomic E-state index is 0.216. The van der Waals surface area contributed by atoms with E-state index in [9.17, 15) is 8.42 Å². The van der Waals surface area contributed by atoms with Crippen LogP contribution in [0.5, 0.6) is 0 Å². The zero-order valence-corrected chi connectivity index (χ0v) is 8.49. The van der Waals surface area contributed by atoms with Crippen LogP contribution in [0, 0.1) is 0 Å². The SMILES string of the molecule is NS(=O)(=O)c1ccc2c(c1)CSC2. The van der Waals surface area contributed by atoms with E-state index < -0.39 is 10.0 Å². The fourth-order valence-electron chi connectivity index (χ4n) is 1.33. The van der Waals surface area contributed by atoms with E-state index in [2.05, 4.69) is 0 Å². The molecule has 1 aliphatic heterocycles. The van der Waals surface area contributed by atoms with Crippen molar-refractivity contribution >= 4 is 21.8 Å². The van der Waals surface area contributed by atoms with E-state index in [1.165, 1.54) is 5.56 Å². The smallest absolute Gasteiger partial charge is 0.225 e. The van der Waals surface area contributed by atoms with Crippen molar-refractivity contribution in [3.63, 3.8) is 0 Å². The fraction of sp³-hybridized carbons (Fsp3) is 0.250. The predicted molar refractivity (Wildman–Crippen MR) is 52.8 cm³/mol. The fourth-order valence-corrected chi connectivity index (χ4v) is 2.98. The molecule has 0 atom stereocenters. The third-order valence-electron chi connectivity index (χ3n) is 2.02. The van der Waals surface area contributed by atoms with E-state index in [4.69, 9.17) is 5.14 Å². The van der Waals surface area contributed by atoms with Crippen molar-refractivity contribution in [3.05, 3.63) is 29.3 Å². The van der Waals surface area contributed by atoms with Gasteiger partial charge in [-0.25, -0.2) is 13.6 Å². The number of rotatable bonds is 1. The van der Waals surface area contributed by atoms with Crippen molar-refractivity contribution in [2.75, 3.05) is 0 Å². The molecule has 1 aromatic rings. The normalized spacial score (nSPS) is 15.8. The molecule has 3 nitrogen and oxygen atoms in total. The van der Waals surface area contributed by atoms with Crippen LogP contribution in [-0.2, 0) is 21.5 Å². The maximum absolute atomic E-state index is 11.0. The Bertz CT molecular complexity index is 439. The molecule has 1 heterocycles. The van der Waals surface area contributed by atoms with Crippen LogP contribution in [0.3, 0.4) is 0 Å². The summed E-state index contributed by atoms with van der Waals surface area (Å²) in [4.78, 5) is 0.216. The standard InChI is InChI=1S/C8H9NO2S2/c9-13(10,11)8-2-1-6-4-12-5-7(6)3-8/h1-3H,4-5H2,(H2,9,10,11). The van der Waals surface area contributed by atoms with Crippen LogP contribution in [-0.4, -0.2) is 8.42 Å². The van der Waals surface area contributed by atoms with Gasteiger partial charge in [-0.2, -0.15) is 11.8 Å². The number of fused-ring (bicyclic) bond motifs is 1. The first kappa shape index (κ1) is 9.05. The Kier molecular flexibility index (Phi) is 2.09. The van der Waals surface area contributed by atoms with Gasteiger partial charge < -0.3 is 0 Å². The van der Waals surface area contributed by atoms with Crippen molar-refractivity contribution in [2.45, 2.75) is 16.4 Å². The van der Waals surface area contributed by atoms with Gasteiger partial charge >= 0.3 is 0 Å². The topological polar surface area (TPSA) is 60.2 Å². The Morgan fingerprint density at radius 2 is 1.92 bits per heavy atom. The molecule has 1 aliphatic rings. The Hall–Kier alpha value is -0.520. The zero-order chi connectivity index (χ0) is 9.47. The monoisotopic (exact) mass is 215 g/mol. The molecule has 0 unspecified atom stereocenters. The van der Waals surface area contributed by atoms with Crippen molar-refractivity contribution in [1.82, 2.24) is 0 Å². The van der Waals surface area contributed by atoms with Gasteiger partial charge in [0.2, 0.25) is 10.0 Å². The van der Waals surface area contributed by atoms with Gasteiger partial charge in [-0.1, -0.05) is 6.07 Å². The number of benzene rings is 1. The summed E-state index contributed by atoms with van der Waals surface area (Å²) in [5.74, 6) is 1.86. The van der Waals surface area contributed by atoms with Gasteiger partial charge in [0.25, 0.3) is 0 Å². The Balaban J connectivity index is 2.54. The van der Waals surface area contributed by atoms with E-state index in [1.54, 1.807) is 23.9 Å². The third-order valence-corrected chi connectivity index (χ3v) is 3.96. The molecule has 0 saturated heterocycles. The summed E-state index contributed by atoms with van der Waals surface area (Å²) in [6, 6.07) is 5.08. The van der Waals surface area contributed by atoms with Gasteiger partial charge in [0.15, 0.2) is 0 Å². The first-order valence-electron chi connectivity index (χ1n) is 3.80. The van der Waals surface area contributed by atoms with E-state index in [0.29, 0.717) is 0 Å². The van der Waals surface area contributed by atoms with Crippen LogP contribution in [0.2, 0.25) is 0 Å². The number of thioether (sulfide) groups is 1. The Labute approximate surface area is 81.4 Å². The van der Waals surface area contributed by atoms with Gasteiger partial charge in [-0.05, 0) is 23.3 Å². The van der Waals surface area contributed by atoms with Crippen LogP contribution in [0.15, 0.2) is 23.1 Å². The Morgan fingerprint density at radius 1 is 1.23 bits per heavy atom. The van der Waals surface area contributed by atoms with E-state index in [0.717, 1.165) is 17.1 Å². The molecule has 2 N–H and O–H groups in total. The van der Waals surface area contributed by atoms with Crippen LogP contribution >= 0.6 is 11.8 Å². The quantitative estimate of drug-likeness (QED) is 0.762. The molecule has 0 spiro atoms. The molecule has 1 aromatic carbocycles. The molecule has 0 bridgehead atoms. The second-order valence-electron chi connectivity index (χ2n) is 2.97. The second-order valence-corrected chi connectivity index (χ2v) is 5.52. The third kappa shape index (κ3) is 1.72.